The van der Waals surface area contributed by atoms with Crippen molar-refractivity contribution < 1.29 is 23.9 Å². The Kier molecular flexibility index (Phi) is 7.05. The van der Waals surface area contributed by atoms with Gasteiger partial charge in [-0.25, -0.2) is 0 Å². The lowest BCUT2D eigenvalue weighted by molar-refractivity contribution is -0.385. The highest BCUT2D eigenvalue weighted by molar-refractivity contribution is 7.09. The second-order valence-corrected chi connectivity index (χ2v) is 7.64. The Balaban J connectivity index is 1.97. The highest BCUT2D eigenvalue weighted by Crippen LogP contribution is 2.36. The summed E-state index contributed by atoms with van der Waals surface area (Å²) in [7, 11) is 1.41. The van der Waals surface area contributed by atoms with Gasteiger partial charge < -0.3 is 19.1 Å². The number of carbonyl (C=O) groups excluding carboxylic acids is 1. The topological polar surface area (TPSA) is 91.1 Å². The lowest BCUT2D eigenvalue weighted by Gasteiger charge is -2.25. The van der Waals surface area contributed by atoms with Crippen LogP contribution in [0, 0.1) is 10.1 Å². The van der Waals surface area contributed by atoms with Crippen LogP contribution in [0.25, 0.3) is 0 Å². The maximum Gasteiger partial charge on any atom is 0.286 e. The summed E-state index contributed by atoms with van der Waals surface area (Å²) in [4.78, 5) is 27.1. The molecule has 2 heterocycles. The van der Waals surface area contributed by atoms with E-state index in [-0.39, 0.29) is 23.1 Å². The molecule has 1 aromatic heterocycles. The number of nitro groups is 1. The van der Waals surface area contributed by atoms with Gasteiger partial charge in [-0.15, -0.1) is 11.3 Å². The Bertz CT molecular complexity index is 849. The molecular weight excluding hydrogens is 396 g/mol. The maximum absolute atomic E-state index is 13.4. The standard InChI is InChI=1S/C20H24N2O6S/c1-3-27-19-10-16(17(22(24)25)11-18(19)26-2)20(23)21(12-14-6-4-8-28-14)13-15-7-5-9-29-15/h5,7,9-11,14H,3-4,6,8,12-13H2,1-2H3. The second-order valence-electron chi connectivity index (χ2n) is 6.61. The summed E-state index contributed by atoms with van der Waals surface area (Å²) in [6.45, 7) is 3.55. The van der Waals surface area contributed by atoms with Crippen molar-refractivity contribution in [3.8, 4) is 11.5 Å². The van der Waals surface area contributed by atoms with Crippen molar-refractivity contribution in [3.63, 3.8) is 0 Å². The zero-order valence-corrected chi connectivity index (χ0v) is 17.3. The molecule has 0 spiro atoms. The Morgan fingerprint density at radius 3 is 2.83 bits per heavy atom. The number of ether oxygens (including phenoxy) is 3. The molecule has 1 amide bonds. The molecule has 1 aliphatic heterocycles. The molecule has 3 rings (SSSR count). The molecule has 8 nitrogen and oxygen atoms in total. The van der Waals surface area contributed by atoms with Gasteiger partial charge in [0.1, 0.15) is 5.56 Å². The molecule has 29 heavy (non-hydrogen) atoms. The van der Waals surface area contributed by atoms with E-state index in [9.17, 15) is 14.9 Å². The van der Waals surface area contributed by atoms with Crippen LogP contribution in [-0.2, 0) is 11.3 Å². The van der Waals surface area contributed by atoms with Crippen molar-refractivity contribution in [3.05, 3.63) is 50.2 Å². The molecule has 1 aromatic carbocycles. The first-order chi connectivity index (χ1) is 14.0. The van der Waals surface area contributed by atoms with Crippen molar-refractivity contribution >= 4 is 22.9 Å². The van der Waals surface area contributed by atoms with Crippen LogP contribution in [0.5, 0.6) is 11.5 Å². The van der Waals surface area contributed by atoms with E-state index in [1.165, 1.54) is 30.6 Å². The maximum atomic E-state index is 13.4. The zero-order chi connectivity index (χ0) is 20.8. The first-order valence-corrected chi connectivity index (χ1v) is 10.3. The van der Waals surface area contributed by atoms with E-state index in [2.05, 4.69) is 0 Å². The molecule has 0 aliphatic carbocycles. The molecule has 2 aromatic rings. The van der Waals surface area contributed by atoms with Crippen molar-refractivity contribution in [2.24, 2.45) is 0 Å². The molecule has 0 N–H and O–H groups in total. The third-order valence-electron chi connectivity index (χ3n) is 4.67. The van der Waals surface area contributed by atoms with Crippen molar-refractivity contribution in [1.29, 1.82) is 0 Å². The van der Waals surface area contributed by atoms with Crippen LogP contribution in [0.15, 0.2) is 29.6 Å². The second kappa shape index (κ2) is 9.71. The number of carbonyl (C=O) groups is 1. The summed E-state index contributed by atoms with van der Waals surface area (Å²) in [5.41, 5.74) is -0.326. The molecule has 1 aliphatic rings. The number of nitro benzene ring substituents is 1. The van der Waals surface area contributed by atoms with Gasteiger partial charge in [-0.2, -0.15) is 0 Å². The number of thiophene rings is 1. The quantitative estimate of drug-likeness (QED) is 0.452. The van der Waals surface area contributed by atoms with E-state index in [4.69, 9.17) is 14.2 Å². The normalized spacial score (nSPS) is 15.9. The molecule has 0 bridgehead atoms. The number of hydrogen-bond donors (Lipinski definition) is 0. The van der Waals surface area contributed by atoms with Crippen LogP contribution >= 0.6 is 11.3 Å². The SMILES string of the molecule is CCOc1cc(C(=O)N(Cc2cccs2)CC2CCCO2)c([N+](=O)[O-])cc1OC. The molecule has 1 saturated heterocycles. The highest BCUT2D eigenvalue weighted by atomic mass is 32.1. The minimum atomic E-state index is -0.569. The molecule has 0 saturated carbocycles. The average Bonchev–Trinajstić information content (AvgIpc) is 3.41. The van der Waals surface area contributed by atoms with Gasteiger partial charge in [-0.05, 0) is 31.2 Å². The lowest BCUT2D eigenvalue weighted by atomic mass is 10.1. The summed E-state index contributed by atoms with van der Waals surface area (Å²) >= 11 is 1.54. The number of hydrogen-bond acceptors (Lipinski definition) is 7. The van der Waals surface area contributed by atoms with Crippen LogP contribution in [0.1, 0.15) is 35.0 Å². The van der Waals surface area contributed by atoms with E-state index in [1.807, 2.05) is 17.5 Å². The van der Waals surface area contributed by atoms with E-state index in [1.54, 1.807) is 11.8 Å². The minimum absolute atomic E-state index is 0.0196. The average molecular weight is 420 g/mol. The Morgan fingerprint density at radius 1 is 1.41 bits per heavy atom. The van der Waals surface area contributed by atoms with E-state index in [0.29, 0.717) is 32.1 Å². The van der Waals surface area contributed by atoms with Crippen molar-refractivity contribution in [1.82, 2.24) is 4.90 Å². The summed E-state index contributed by atoms with van der Waals surface area (Å²) in [5, 5.41) is 13.6. The van der Waals surface area contributed by atoms with Gasteiger partial charge in [0.25, 0.3) is 11.6 Å². The van der Waals surface area contributed by atoms with Gasteiger partial charge in [0.2, 0.25) is 0 Å². The molecular formula is C20H24N2O6S. The Morgan fingerprint density at radius 2 is 2.24 bits per heavy atom. The summed E-state index contributed by atoms with van der Waals surface area (Å²) in [5.74, 6) is 0.0976. The van der Waals surface area contributed by atoms with Gasteiger partial charge in [-0.3, -0.25) is 14.9 Å². The summed E-state index contributed by atoms with van der Waals surface area (Å²) in [6, 6.07) is 6.50. The highest BCUT2D eigenvalue weighted by Gasteiger charge is 2.30. The number of nitrogens with zero attached hydrogens (tertiary/aromatic N) is 2. The van der Waals surface area contributed by atoms with Crippen LogP contribution in [0.3, 0.4) is 0 Å². The number of amides is 1. The first-order valence-electron chi connectivity index (χ1n) is 9.46. The van der Waals surface area contributed by atoms with Gasteiger partial charge >= 0.3 is 0 Å². The predicted octanol–water partition coefficient (Wildman–Crippen LogP) is 3.89. The van der Waals surface area contributed by atoms with E-state index < -0.39 is 10.8 Å². The number of benzene rings is 1. The fraction of sp³-hybridized carbons (Fsp3) is 0.450. The molecule has 1 atom stereocenters. The zero-order valence-electron chi connectivity index (χ0n) is 16.5. The summed E-state index contributed by atoms with van der Waals surface area (Å²) in [6.07, 6.45) is 1.74. The third kappa shape index (κ3) is 5.04. The lowest BCUT2D eigenvalue weighted by Crippen LogP contribution is -2.37. The number of rotatable bonds is 9. The van der Waals surface area contributed by atoms with Gasteiger partial charge in [0.15, 0.2) is 11.5 Å². The smallest absolute Gasteiger partial charge is 0.286 e. The first kappa shape index (κ1) is 21.1. The number of methoxy groups -OCH3 is 1. The van der Waals surface area contributed by atoms with Crippen LogP contribution in [-0.4, -0.2) is 48.7 Å². The molecule has 1 fully saturated rings. The molecule has 156 valence electrons. The van der Waals surface area contributed by atoms with Crippen LogP contribution < -0.4 is 9.47 Å². The van der Waals surface area contributed by atoms with Crippen LogP contribution in [0.2, 0.25) is 0 Å². The van der Waals surface area contributed by atoms with Gasteiger partial charge in [-0.1, -0.05) is 6.07 Å². The Hall–Kier alpha value is -2.65. The van der Waals surface area contributed by atoms with Gasteiger partial charge in [0.05, 0.1) is 37.4 Å². The largest absolute Gasteiger partial charge is 0.493 e. The van der Waals surface area contributed by atoms with Gasteiger partial charge in [0, 0.05) is 24.1 Å². The van der Waals surface area contributed by atoms with E-state index in [0.717, 1.165) is 17.7 Å². The monoisotopic (exact) mass is 420 g/mol. The summed E-state index contributed by atoms with van der Waals surface area (Å²) < 4.78 is 16.4. The van der Waals surface area contributed by atoms with Crippen LogP contribution in [0.4, 0.5) is 5.69 Å². The fourth-order valence-electron chi connectivity index (χ4n) is 3.31. The minimum Gasteiger partial charge on any atom is -0.493 e. The van der Waals surface area contributed by atoms with Crippen molar-refractivity contribution in [2.75, 3.05) is 26.9 Å². The molecule has 0 radical (unpaired) electrons. The van der Waals surface area contributed by atoms with Crippen molar-refractivity contribution in [2.45, 2.75) is 32.4 Å². The third-order valence-corrected chi connectivity index (χ3v) is 5.53. The Labute approximate surface area is 173 Å². The predicted molar refractivity (Wildman–Crippen MR) is 109 cm³/mol. The molecule has 9 heteroatoms. The molecule has 1 unspecified atom stereocenters. The van der Waals surface area contributed by atoms with E-state index >= 15 is 0 Å². The fourth-order valence-corrected chi connectivity index (χ4v) is 4.03.